The minimum absolute atomic E-state index is 0.0108. The summed E-state index contributed by atoms with van der Waals surface area (Å²) in [7, 11) is 3.22. The SMILES string of the molecule is CCOC(=O)C[C@@H]1CCN2C(=O)Cc3cc(OC)c(OC)cc3[C@@H]2[C@@H]1Sc1ccccc1. The Morgan fingerprint density at radius 2 is 1.84 bits per heavy atom. The third-order valence-corrected chi connectivity index (χ3v) is 7.69. The summed E-state index contributed by atoms with van der Waals surface area (Å²) < 4.78 is 16.3. The van der Waals surface area contributed by atoms with Gasteiger partial charge in [0.05, 0.1) is 33.3 Å². The first-order valence-corrected chi connectivity index (χ1v) is 11.8. The minimum Gasteiger partial charge on any atom is -0.493 e. The summed E-state index contributed by atoms with van der Waals surface area (Å²) in [6.07, 6.45) is 1.46. The van der Waals surface area contributed by atoms with E-state index in [4.69, 9.17) is 14.2 Å². The third-order valence-electron chi connectivity index (χ3n) is 6.23. The molecule has 1 saturated heterocycles. The lowest BCUT2D eigenvalue weighted by Crippen LogP contribution is -2.51. The number of benzene rings is 2. The predicted molar refractivity (Wildman–Crippen MR) is 123 cm³/mol. The van der Waals surface area contributed by atoms with Crippen LogP contribution in [0.5, 0.6) is 11.5 Å². The number of hydrogen-bond acceptors (Lipinski definition) is 6. The van der Waals surface area contributed by atoms with Crippen molar-refractivity contribution in [3.63, 3.8) is 0 Å². The number of ether oxygens (including phenoxy) is 3. The van der Waals surface area contributed by atoms with Crippen LogP contribution >= 0.6 is 11.8 Å². The van der Waals surface area contributed by atoms with Gasteiger partial charge >= 0.3 is 5.97 Å². The average molecular weight is 456 g/mol. The molecule has 0 radical (unpaired) electrons. The maximum atomic E-state index is 13.1. The highest BCUT2D eigenvalue weighted by Crippen LogP contribution is 2.50. The van der Waals surface area contributed by atoms with Crippen LogP contribution in [-0.2, 0) is 20.7 Å². The lowest BCUT2D eigenvalue weighted by Gasteiger charge is -2.48. The van der Waals surface area contributed by atoms with E-state index < -0.39 is 0 Å². The Morgan fingerprint density at radius 1 is 1.12 bits per heavy atom. The molecule has 7 heteroatoms. The zero-order valence-electron chi connectivity index (χ0n) is 18.7. The molecule has 170 valence electrons. The molecular weight excluding hydrogens is 426 g/mol. The highest BCUT2D eigenvalue weighted by atomic mass is 32.2. The fraction of sp³-hybridized carbons (Fsp3) is 0.440. The summed E-state index contributed by atoms with van der Waals surface area (Å²) >= 11 is 1.73. The largest absolute Gasteiger partial charge is 0.493 e. The van der Waals surface area contributed by atoms with Crippen LogP contribution in [0.3, 0.4) is 0 Å². The Bertz CT molecular complexity index is 980. The first kappa shape index (κ1) is 22.5. The van der Waals surface area contributed by atoms with E-state index >= 15 is 0 Å². The monoisotopic (exact) mass is 455 g/mol. The van der Waals surface area contributed by atoms with Crippen molar-refractivity contribution in [3.05, 3.63) is 53.6 Å². The third kappa shape index (κ3) is 4.44. The average Bonchev–Trinajstić information content (AvgIpc) is 2.80. The first-order valence-electron chi connectivity index (χ1n) is 11.0. The summed E-state index contributed by atoms with van der Waals surface area (Å²) in [5.41, 5.74) is 2.04. The molecule has 2 aliphatic rings. The molecule has 2 aromatic carbocycles. The summed E-state index contributed by atoms with van der Waals surface area (Å²) in [6, 6.07) is 13.9. The Kier molecular flexibility index (Phi) is 6.94. The molecule has 0 unspecified atom stereocenters. The first-order chi connectivity index (χ1) is 15.5. The number of methoxy groups -OCH3 is 2. The maximum Gasteiger partial charge on any atom is 0.306 e. The van der Waals surface area contributed by atoms with Gasteiger partial charge in [0.2, 0.25) is 5.91 Å². The molecule has 1 amide bonds. The zero-order chi connectivity index (χ0) is 22.7. The summed E-state index contributed by atoms with van der Waals surface area (Å²) in [4.78, 5) is 28.6. The number of rotatable bonds is 7. The van der Waals surface area contributed by atoms with Crippen molar-refractivity contribution in [1.29, 1.82) is 0 Å². The van der Waals surface area contributed by atoms with Crippen molar-refractivity contribution < 1.29 is 23.8 Å². The van der Waals surface area contributed by atoms with Gasteiger partial charge in [-0.05, 0) is 54.7 Å². The van der Waals surface area contributed by atoms with E-state index in [-0.39, 0.29) is 29.1 Å². The zero-order valence-corrected chi connectivity index (χ0v) is 19.5. The van der Waals surface area contributed by atoms with E-state index in [9.17, 15) is 9.59 Å². The quantitative estimate of drug-likeness (QED) is 0.581. The van der Waals surface area contributed by atoms with Gasteiger partial charge in [-0.2, -0.15) is 0 Å². The second-order valence-corrected chi connectivity index (χ2v) is 9.32. The second kappa shape index (κ2) is 9.86. The van der Waals surface area contributed by atoms with Crippen LogP contribution in [0.2, 0.25) is 0 Å². The summed E-state index contributed by atoms with van der Waals surface area (Å²) in [5, 5.41) is 0.0108. The molecule has 2 aromatic rings. The second-order valence-electron chi connectivity index (χ2n) is 8.07. The van der Waals surface area contributed by atoms with Crippen LogP contribution in [0.1, 0.15) is 36.9 Å². The number of carbonyl (C=O) groups excluding carboxylic acids is 2. The molecule has 6 nitrogen and oxygen atoms in total. The standard InChI is InChI=1S/C25H29NO5S/c1-4-31-23(28)14-16-10-11-26-22(27)13-17-12-20(29-2)21(30-3)15-19(17)24(26)25(16)32-18-8-6-5-7-9-18/h5-9,12,15-16,24-25H,4,10-11,13-14H2,1-3H3/t16-,24+,25+/m0/s1. The Labute approximate surface area is 193 Å². The molecule has 3 atom stereocenters. The van der Waals surface area contributed by atoms with Crippen molar-refractivity contribution in [2.75, 3.05) is 27.4 Å². The van der Waals surface area contributed by atoms with Gasteiger partial charge in [-0.1, -0.05) is 18.2 Å². The smallest absolute Gasteiger partial charge is 0.306 e. The fourth-order valence-electron chi connectivity index (χ4n) is 4.77. The van der Waals surface area contributed by atoms with Crippen molar-refractivity contribution in [3.8, 4) is 11.5 Å². The molecule has 32 heavy (non-hydrogen) atoms. The molecule has 0 N–H and O–H groups in total. The van der Waals surface area contributed by atoms with Crippen LogP contribution in [0.4, 0.5) is 0 Å². The van der Waals surface area contributed by atoms with Gasteiger partial charge in [-0.15, -0.1) is 11.8 Å². The lowest BCUT2D eigenvalue weighted by atomic mass is 9.80. The summed E-state index contributed by atoms with van der Waals surface area (Å²) in [6.45, 7) is 2.83. The molecule has 0 spiro atoms. The van der Waals surface area contributed by atoms with E-state index in [1.54, 1.807) is 26.0 Å². The normalized spacial score (nSPS) is 22.0. The molecule has 0 aliphatic carbocycles. The number of piperidine rings is 1. The van der Waals surface area contributed by atoms with Gasteiger partial charge in [0.1, 0.15) is 0 Å². The van der Waals surface area contributed by atoms with Crippen LogP contribution in [0, 0.1) is 5.92 Å². The number of thioether (sulfide) groups is 1. The van der Waals surface area contributed by atoms with Gasteiger partial charge in [-0.25, -0.2) is 0 Å². The van der Waals surface area contributed by atoms with Gasteiger partial charge in [0.15, 0.2) is 11.5 Å². The molecule has 4 rings (SSSR count). The van der Waals surface area contributed by atoms with Crippen LogP contribution in [0.15, 0.2) is 47.4 Å². The lowest BCUT2D eigenvalue weighted by molar-refractivity contribution is -0.145. The topological polar surface area (TPSA) is 65.1 Å². The molecule has 2 aliphatic heterocycles. The van der Waals surface area contributed by atoms with Gasteiger partial charge in [0.25, 0.3) is 0 Å². The summed E-state index contributed by atoms with van der Waals surface area (Å²) in [5.74, 6) is 1.30. The number of esters is 1. The fourth-order valence-corrected chi connectivity index (χ4v) is 6.24. The number of hydrogen-bond donors (Lipinski definition) is 0. The van der Waals surface area contributed by atoms with E-state index in [0.717, 1.165) is 22.4 Å². The van der Waals surface area contributed by atoms with E-state index in [0.29, 0.717) is 37.5 Å². The Balaban J connectivity index is 1.77. The van der Waals surface area contributed by atoms with Crippen molar-refractivity contribution in [1.82, 2.24) is 4.90 Å². The number of nitrogens with zero attached hydrogens (tertiary/aromatic N) is 1. The van der Waals surface area contributed by atoms with Gasteiger partial charge in [0, 0.05) is 23.1 Å². The number of carbonyl (C=O) groups is 2. The molecule has 0 bridgehead atoms. The Morgan fingerprint density at radius 3 is 2.53 bits per heavy atom. The van der Waals surface area contributed by atoms with E-state index in [1.165, 1.54) is 0 Å². The molecule has 2 heterocycles. The van der Waals surface area contributed by atoms with Crippen molar-refractivity contribution in [2.45, 2.75) is 42.4 Å². The minimum atomic E-state index is -0.181. The highest BCUT2D eigenvalue weighted by molar-refractivity contribution is 8.00. The molecule has 0 saturated carbocycles. The molecule has 1 fully saturated rings. The van der Waals surface area contributed by atoms with Crippen LogP contribution in [0.25, 0.3) is 0 Å². The van der Waals surface area contributed by atoms with Gasteiger partial charge in [-0.3, -0.25) is 9.59 Å². The number of amides is 1. The maximum absolute atomic E-state index is 13.1. The predicted octanol–water partition coefficient (Wildman–Crippen LogP) is 4.26. The van der Waals surface area contributed by atoms with Crippen LogP contribution in [-0.4, -0.2) is 49.4 Å². The van der Waals surface area contributed by atoms with Crippen LogP contribution < -0.4 is 9.47 Å². The molecule has 0 aromatic heterocycles. The van der Waals surface area contributed by atoms with Crippen molar-refractivity contribution >= 4 is 23.6 Å². The number of fused-ring (bicyclic) bond motifs is 3. The highest BCUT2D eigenvalue weighted by Gasteiger charge is 2.45. The van der Waals surface area contributed by atoms with Gasteiger partial charge < -0.3 is 19.1 Å². The van der Waals surface area contributed by atoms with E-state index in [1.807, 2.05) is 42.2 Å². The molecular formula is C25H29NO5S. The van der Waals surface area contributed by atoms with Crippen molar-refractivity contribution in [2.24, 2.45) is 5.92 Å². The Hall–Kier alpha value is -2.67. The van der Waals surface area contributed by atoms with E-state index in [2.05, 4.69) is 12.1 Å².